The van der Waals surface area contributed by atoms with E-state index in [4.69, 9.17) is 10.8 Å². The van der Waals surface area contributed by atoms with Crippen molar-refractivity contribution in [2.75, 3.05) is 0 Å². The van der Waals surface area contributed by atoms with Gasteiger partial charge in [-0.25, -0.2) is 0 Å². The normalized spacial score (nSPS) is 13.5. The molecule has 0 aliphatic rings. The highest BCUT2D eigenvalue weighted by molar-refractivity contribution is 5.77. The zero-order chi connectivity index (χ0) is 13.4. The van der Waals surface area contributed by atoms with Crippen LogP contribution in [0.4, 0.5) is 0 Å². The van der Waals surface area contributed by atoms with E-state index in [1.807, 2.05) is 33.8 Å². The van der Waals surface area contributed by atoms with Gasteiger partial charge in [-0.3, -0.25) is 4.79 Å². The summed E-state index contributed by atoms with van der Waals surface area (Å²) in [5.41, 5.74) is 7.17. The van der Waals surface area contributed by atoms with Crippen LogP contribution < -0.4 is 5.73 Å². The van der Waals surface area contributed by atoms with Crippen molar-refractivity contribution in [1.82, 2.24) is 0 Å². The Balaban J connectivity index is 3.44. The molecule has 0 aliphatic heterocycles. The predicted octanol–water partition coefficient (Wildman–Crippen LogP) is 2.08. The van der Waals surface area contributed by atoms with Gasteiger partial charge in [0.25, 0.3) is 0 Å². The fourth-order valence-electron chi connectivity index (χ4n) is 1.75. The lowest BCUT2D eigenvalue weighted by Gasteiger charge is -2.23. The number of benzene rings is 1. The largest absolute Gasteiger partial charge is 0.507 e. The number of phenols is 1. The summed E-state index contributed by atoms with van der Waals surface area (Å²) in [6.45, 7) is 7.72. The summed E-state index contributed by atoms with van der Waals surface area (Å²) >= 11 is 0. The van der Waals surface area contributed by atoms with Crippen LogP contribution in [-0.2, 0) is 10.2 Å². The fourth-order valence-corrected chi connectivity index (χ4v) is 1.75. The minimum absolute atomic E-state index is 0.0157. The molecule has 0 bridgehead atoms. The van der Waals surface area contributed by atoms with Gasteiger partial charge in [-0.1, -0.05) is 38.5 Å². The van der Waals surface area contributed by atoms with E-state index in [0.717, 1.165) is 5.56 Å². The van der Waals surface area contributed by atoms with Gasteiger partial charge in [0.05, 0.1) is 0 Å². The number of aryl methyl sites for hydroxylation is 1. The second-order valence-electron chi connectivity index (χ2n) is 5.32. The third-order valence-corrected chi connectivity index (χ3v) is 2.69. The molecule has 94 valence electrons. The zero-order valence-electron chi connectivity index (χ0n) is 10.6. The number of carbonyl (C=O) groups is 1. The summed E-state index contributed by atoms with van der Waals surface area (Å²) in [7, 11) is 0. The van der Waals surface area contributed by atoms with Crippen molar-refractivity contribution in [2.24, 2.45) is 5.73 Å². The van der Waals surface area contributed by atoms with E-state index in [2.05, 4.69) is 0 Å². The maximum atomic E-state index is 10.9. The van der Waals surface area contributed by atoms with Crippen LogP contribution in [0.2, 0.25) is 0 Å². The van der Waals surface area contributed by atoms with Gasteiger partial charge in [0.2, 0.25) is 0 Å². The van der Waals surface area contributed by atoms with Crippen LogP contribution in [0.1, 0.15) is 43.5 Å². The summed E-state index contributed by atoms with van der Waals surface area (Å²) in [4.78, 5) is 10.9. The molecule has 0 spiro atoms. The third kappa shape index (κ3) is 2.77. The molecule has 0 saturated carbocycles. The smallest absolute Gasteiger partial charge is 0.325 e. The van der Waals surface area contributed by atoms with Gasteiger partial charge < -0.3 is 15.9 Å². The molecular formula is C13H19NO3. The number of aromatic hydroxyl groups is 1. The van der Waals surface area contributed by atoms with Crippen molar-refractivity contribution in [3.05, 3.63) is 28.8 Å². The van der Waals surface area contributed by atoms with Gasteiger partial charge in [-0.15, -0.1) is 0 Å². The minimum Gasteiger partial charge on any atom is -0.507 e. The Bertz CT molecular complexity index is 447. The highest BCUT2D eigenvalue weighted by atomic mass is 16.4. The van der Waals surface area contributed by atoms with Gasteiger partial charge in [0, 0.05) is 5.56 Å². The SMILES string of the molecule is Cc1cc(C(N)C(=O)O)c(O)c(C(C)(C)C)c1. The standard InChI is InChI=1S/C13H19NO3/c1-7-5-8(10(14)12(16)17)11(15)9(6-7)13(2,3)4/h5-6,10,15H,14H2,1-4H3,(H,16,17). The van der Waals surface area contributed by atoms with Gasteiger partial charge in [0.15, 0.2) is 0 Å². The second-order valence-corrected chi connectivity index (χ2v) is 5.32. The van der Waals surface area contributed by atoms with E-state index in [1.165, 1.54) is 0 Å². The highest BCUT2D eigenvalue weighted by Gasteiger charge is 2.25. The van der Waals surface area contributed by atoms with Crippen molar-refractivity contribution < 1.29 is 15.0 Å². The summed E-state index contributed by atoms with van der Waals surface area (Å²) in [5.74, 6) is -1.16. The Kier molecular flexibility index (Phi) is 3.48. The number of rotatable bonds is 2. The lowest BCUT2D eigenvalue weighted by atomic mass is 9.83. The Morgan fingerprint density at radius 3 is 2.29 bits per heavy atom. The molecule has 0 amide bonds. The monoisotopic (exact) mass is 237 g/mol. The van der Waals surface area contributed by atoms with Gasteiger partial charge >= 0.3 is 5.97 Å². The molecule has 1 rings (SSSR count). The second kappa shape index (κ2) is 4.37. The summed E-state index contributed by atoms with van der Waals surface area (Å²) < 4.78 is 0. The Morgan fingerprint density at radius 1 is 1.35 bits per heavy atom. The average Bonchev–Trinajstić information content (AvgIpc) is 2.18. The van der Waals surface area contributed by atoms with E-state index in [-0.39, 0.29) is 16.7 Å². The molecule has 1 atom stereocenters. The van der Waals surface area contributed by atoms with Crippen molar-refractivity contribution in [3.8, 4) is 5.75 Å². The van der Waals surface area contributed by atoms with Crippen LogP contribution in [0.15, 0.2) is 12.1 Å². The van der Waals surface area contributed by atoms with Crippen LogP contribution in [-0.4, -0.2) is 16.2 Å². The van der Waals surface area contributed by atoms with Gasteiger partial charge in [0.1, 0.15) is 11.8 Å². The Hall–Kier alpha value is -1.55. The molecule has 0 radical (unpaired) electrons. The maximum absolute atomic E-state index is 10.9. The zero-order valence-corrected chi connectivity index (χ0v) is 10.6. The number of hydrogen-bond donors (Lipinski definition) is 3. The van der Waals surface area contributed by atoms with Gasteiger partial charge in [-0.05, 0) is 17.9 Å². The van der Waals surface area contributed by atoms with Crippen LogP contribution in [0.25, 0.3) is 0 Å². The Morgan fingerprint density at radius 2 is 1.88 bits per heavy atom. The number of nitrogens with two attached hydrogens (primary N) is 1. The molecular weight excluding hydrogens is 218 g/mol. The molecule has 0 saturated heterocycles. The fraction of sp³-hybridized carbons (Fsp3) is 0.462. The molecule has 1 unspecified atom stereocenters. The Labute approximate surface area is 101 Å². The van der Waals surface area contributed by atoms with Crippen LogP contribution in [0, 0.1) is 6.92 Å². The lowest BCUT2D eigenvalue weighted by molar-refractivity contribution is -0.138. The number of carboxylic acid groups (broad SMARTS) is 1. The quantitative estimate of drug-likeness (QED) is 0.735. The highest BCUT2D eigenvalue weighted by Crippen LogP contribution is 2.36. The van der Waals surface area contributed by atoms with Crippen LogP contribution in [0.3, 0.4) is 0 Å². The average molecular weight is 237 g/mol. The molecule has 4 nitrogen and oxygen atoms in total. The number of phenolic OH excluding ortho intramolecular Hbond substituents is 1. The number of aliphatic carboxylic acids is 1. The van der Waals surface area contributed by atoms with E-state index in [9.17, 15) is 9.90 Å². The first-order chi connectivity index (χ1) is 7.64. The molecule has 1 aromatic rings. The first-order valence-corrected chi connectivity index (χ1v) is 5.47. The van der Waals surface area contributed by atoms with Crippen LogP contribution in [0.5, 0.6) is 5.75 Å². The van der Waals surface area contributed by atoms with Crippen molar-refractivity contribution >= 4 is 5.97 Å². The molecule has 0 fully saturated rings. The number of carboxylic acids is 1. The summed E-state index contributed by atoms with van der Waals surface area (Å²) in [6, 6.07) is 2.27. The van der Waals surface area contributed by atoms with Gasteiger partial charge in [-0.2, -0.15) is 0 Å². The predicted molar refractivity (Wildman–Crippen MR) is 66.1 cm³/mol. The van der Waals surface area contributed by atoms with Crippen molar-refractivity contribution in [1.29, 1.82) is 0 Å². The molecule has 17 heavy (non-hydrogen) atoms. The first kappa shape index (κ1) is 13.5. The summed E-state index contributed by atoms with van der Waals surface area (Å²) in [5, 5.41) is 19.0. The molecule has 1 aromatic carbocycles. The van der Waals surface area contributed by atoms with Crippen molar-refractivity contribution in [2.45, 2.75) is 39.2 Å². The van der Waals surface area contributed by atoms with Crippen molar-refractivity contribution in [3.63, 3.8) is 0 Å². The molecule has 4 heteroatoms. The summed E-state index contributed by atoms with van der Waals surface area (Å²) in [6.07, 6.45) is 0. The van der Waals surface area contributed by atoms with E-state index in [1.54, 1.807) is 6.07 Å². The van der Waals surface area contributed by atoms with E-state index < -0.39 is 12.0 Å². The van der Waals surface area contributed by atoms with E-state index in [0.29, 0.717) is 5.56 Å². The number of hydrogen-bond acceptors (Lipinski definition) is 3. The topological polar surface area (TPSA) is 83.6 Å². The molecule has 0 aromatic heterocycles. The molecule has 4 N–H and O–H groups in total. The van der Waals surface area contributed by atoms with Crippen LogP contribution >= 0.6 is 0 Å². The molecule has 0 heterocycles. The van der Waals surface area contributed by atoms with E-state index >= 15 is 0 Å². The maximum Gasteiger partial charge on any atom is 0.325 e. The molecule has 0 aliphatic carbocycles. The minimum atomic E-state index is -1.20. The lowest BCUT2D eigenvalue weighted by Crippen LogP contribution is -2.22. The first-order valence-electron chi connectivity index (χ1n) is 5.47. The third-order valence-electron chi connectivity index (χ3n) is 2.69.